The molecule has 0 fully saturated rings. The summed E-state index contributed by atoms with van der Waals surface area (Å²) in [4.78, 5) is 16.7. The van der Waals surface area contributed by atoms with Crippen molar-refractivity contribution in [3.05, 3.63) is 57.5 Å². The molecule has 2 rings (SSSR count). The maximum absolute atomic E-state index is 12.2. The number of rotatable bonds is 5. The van der Waals surface area contributed by atoms with Crippen molar-refractivity contribution in [3.63, 3.8) is 0 Å². The van der Waals surface area contributed by atoms with Crippen LogP contribution in [0.1, 0.15) is 16.8 Å². The molecule has 1 heterocycles. The van der Waals surface area contributed by atoms with Gasteiger partial charge in [-0.05, 0) is 18.9 Å². The molecule has 21 heavy (non-hydrogen) atoms. The minimum absolute atomic E-state index is 0. The van der Waals surface area contributed by atoms with Crippen molar-refractivity contribution in [3.8, 4) is 0 Å². The smallest absolute Gasteiger partial charge is 0.258 e. The summed E-state index contributed by atoms with van der Waals surface area (Å²) in [5, 5.41) is 3.20. The Balaban J connectivity index is 0.00000220. The zero-order chi connectivity index (χ0) is 14.5. The number of alkyl halides is 1. The monoisotopic (exact) mass is 327 g/mol. The molecule has 6 heteroatoms. The fourth-order valence-corrected chi connectivity index (χ4v) is 2.26. The van der Waals surface area contributed by atoms with Crippen molar-refractivity contribution in [2.75, 3.05) is 11.2 Å². The predicted octanol–water partition coefficient (Wildman–Crippen LogP) is 2.90. The fraction of sp³-hybridized carbons (Fsp3) is 0.333. The molecule has 4 nitrogen and oxygen atoms in total. The van der Waals surface area contributed by atoms with Crippen LogP contribution in [-0.2, 0) is 20.0 Å². The summed E-state index contributed by atoms with van der Waals surface area (Å²) < 4.78 is 1.54. The molecule has 0 radical (unpaired) electrons. The van der Waals surface area contributed by atoms with E-state index in [1.54, 1.807) is 7.05 Å². The van der Waals surface area contributed by atoms with E-state index in [0.29, 0.717) is 30.4 Å². The SMILES string of the molecule is Cc1nc(NCc2ccccc2)n(C)c(=O)c1CCCl.Cl. The molecule has 0 saturated carbocycles. The van der Waals surface area contributed by atoms with Crippen molar-refractivity contribution < 1.29 is 0 Å². The summed E-state index contributed by atoms with van der Waals surface area (Å²) in [6, 6.07) is 10.00. The molecule has 0 aliphatic rings. The van der Waals surface area contributed by atoms with E-state index in [9.17, 15) is 4.79 Å². The first-order valence-electron chi connectivity index (χ1n) is 6.53. The topological polar surface area (TPSA) is 46.9 Å². The minimum atomic E-state index is -0.0336. The second-order valence-corrected chi connectivity index (χ2v) is 5.02. The average molecular weight is 328 g/mol. The van der Waals surface area contributed by atoms with Gasteiger partial charge in [-0.25, -0.2) is 4.98 Å². The van der Waals surface area contributed by atoms with Gasteiger partial charge in [0.05, 0.1) is 0 Å². The molecule has 0 unspecified atom stereocenters. The van der Waals surface area contributed by atoms with Crippen LogP contribution >= 0.6 is 24.0 Å². The Hall–Kier alpha value is -1.52. The van der Waals surface area contributed by atoms with Crippen LogP contribution in [0, 0.1) is 6.92 Å². The van der Waals surface area contributed by atoms with E-state index in [4.69, 9.17) is 11.6 Å². The number of hydrogen-bond donors (Lipinski definition) is 1. The standard InChI is InChI=1S/C15H18ClN3O.ClH/c1-11-13(8-9-16)14(20)19(2)15(18-11)17-10-12-6-4-3-5-7-12;/h3-7H,8-10H2,1-2H3,(H,17,18);1H. The Kier molecular flexibility index (Phi) is 6.72. The molecule has 0 atom stereocenters. The Morgan fingerprint density at radius 1 is 1.29 bits per heavy atom. The van der Waals surface area contributed by atoms with Crippen molar-refractivity contribution in [1.29, 1.82) is 0 Å². The molecular formula is C15H19Cl2N3O. The maximum Gasteiger partial charge on any atom is 0.258 e. The van der Waals surface area contributed by atoms with Gasteiger partial charge in [0, 0.05) is 30.7 Å². The van der Waals surface area contributed by atoms with Gasteiger partial charge in [0.1, 0.15) is 0 Å². The lowest BCUT2D eigenvalue weighted by molar-refractivity contribution is 0.786. The van der Waals surface area contributed by atoms with E-state index in [2.05, 4.69) is 10.3 Å². The summed E-state index contributed by atoms with van der Waals surface area (Å²) in [5.41, 5.74) is 2.54. The normalized spacial score (nSPS) is 10.0. The van der Waals surface area contributed by atoms with Crippen LogP contribution in [0.4, 0.5) is 5.95 Å². The second-order valence-electron chi connectivity index (χ2n) is 4.64. The molecule has 0 saturated heterocycles. The quantitative estimate of drug-likeness (QED) is 0.859. The zero-order valence-electron chi connectivity index (χ0n) is 12.1. The highest BCUT2D eigenvalue weighted by molar-refractivity contribution is 6.18. The van der Waals surface area contributed by atoms with Crippen molar-refractivity contribution in [2.24, 2.45) is 7.05 Å². The Labute approximate surface area is 135 Å². The van der Waals surface area contributed by atoms with E-state index >= 15 is 0 Å². The van der Waals surface area contributed by atoms with Crippen LogP contribution < -0.4 is 10.9 Å². The molecule has 0 bridgehead atoms. The number of aromatic nitrogens is 2. The summed E-state index contributed by atoms with van der Waals surface area (Å²) in [6.07, 6.45) is 0.548. The first-order chi connectivity index (χ1) is 9.63. The fourth-order valence-electron chi connectivity index (χ4n) is 2.07. The molecule has 1 N–H and O–H groups in total. The van der Waals surface area contributed by atoms with Gasteiger partial charge in [0.2, 0.25) is 5.95 Å². The minimum Gasteiger partial charge on any atom is -0.351 e. The van der Waals surface area contributed by atoms with Gasteiger partial charge >= 0.3 is 0 Å². The first kappa shape index (κ1) is 17.5. The molecule has 114 valence electrons. The van der Waals surface area contributed by atoms with Crippen LogP contribution in [0.2, 0.25) is 0 Å². The third kappa shape index (κ3) is 4.22. The Morgan fingerprint density at radius 2 is 1.95 bits per heavy atom. The second kappa shape index (κ2) is 8.05. The predicted molar refractivity (Wildman–Crippen MR) is 89.7 cm³/mol. The molecule has 0 aliphatic heterocycles. The Bertz CT molecular complexity index is 641. The third-order valence-corrected chi connectivity index (χ3v) is 3.42. The van der Waals surface area contributed by atoms with Gasteiger partial charge in [-0.2, -0.15) is 0 Å². The molecule has 0 aliphatic carbocycles. The van der Waals surface area contributed by atoms with Gasteiger partial charge in [0.25, 0.3) is 5.56 Å². The van der Waals surface area contributed by atoms with Crippen LogP contribution in [-0.4, -0.2) is 15.4 Å². The molecular weight excluding hydrogens is 309 g/mol. The largest absolute Gasteiger partial charge is 0.351 e. The number of nitrogens with zero attached hydrogens (tertiary/aromatic N) is 2. The zero-order valence-corrected chi connectivity index (χ0v) is 13.7. The van der Waals surface area contributed by atoms with Gasteiger partial charge in [-0.15, -0.1) is 24.0 Å². The summed E-state index contributed by atoms with van der Waals surface area (Å²) in [5.74, 6) is 1.00. The summed E-state index contributed by atoms with van der Waals surface area (Å²) in [7, 11) is 1.72. The summed E-state index contributed by atoms with van der Waals surface area (Å²) >= 11 is 5.72. The number of hydrogen-bond acceptors (Lipinski definition) is 3. The summed E-state index contributed by atoms with van der Waals surface area (Å²) in [6.45, 7) is 2.48. The van der Waals surface area contributed by atoms with Gasteiger partial charge in [0.15, 0.2) is 0 Å². The number of benzene rings is 1. The number of halogens is 2. The van der Waals surface area contributed by atoms with Crippen molar-refractivity contribution in [2.45, 2.75) is 19.9 Å². The molecule has 1 aromatic carbocycles. The van der Waals surface area contributed by atoms with Crippen LogP contribution in [0.3, 0.4) is 0 Å². The molecule has 1 aromatic heterocycles. The average Bonchev–Trinajstić information content (AvgIpc) is 2.47. The number of nitrogens with one attached hydrogen (secondary N) is 1. The lowest BCUT2D eigenvalue weighted by atomic mass is 10.2. The van der Waals surface area contributed by atoms with E-state index in [0.717, 1.165) is 11.3 Å². The van der Waals surface area contributed by atoms with Gasteiger partial charge in [-0.1, -0.05) is 30.3 Å². The molecule has 0 amide bonds. The number of anilines is 1. The van der Waals surface area contributed by atoms with Crippen molar-refractivity contribution >= 4 is 30.0 Å². The molecule has 0 spiro atoms. The van der Waals surface area contributed by atoms with Crippen molar-refractivity contribution in [1.82, 2.24) is 9.55 Å². The maximum atomic E-state index is 12.2. The number of aryl methyl sites for hydroxylation is 1. The first-order valence-corrected chi connectivity index (χ1v) is 7.07. The van der Waals surface area contributed by atoms with Crippen LogP contribution in [0.15, 0.2) is 35.1 Å². The van der Waals surface area contributed by atoms with E-state index < -0.39 is 0 Å². The van der Waals surface area contributed by atoms with E-state index in [-0.39, 0.29) is 18.0 Å². The highest BCUT2D eigenvalue weighted by atomic mass is 35.5. The van der Waals surface area contributed by atoms with Gasteiger partial charge < -0.3 is 5.32 Å². The van der Waals surface area contributed by atoms with Gasteiger partial charge in [-0.3, -0.25) is 9.36 Å². The van der Waals surface area contributed by atoms with E-state index in [1.807, 2.05) is 37.3 Å². The highest BCUT2D eigenvalue weighted by Crippen LogP contribution is 2.08. The van der Waals surface area contributed by atoms with Crippen LogP contribution in [0.25, 0.3) is 0 Å². The molecule has 2 aromatic rings. The lowest BCUT2D eigenvalue weighted by Gasteiger charge is -2.13. The van der Waals surface area contributed by atoms with Crippen LogP contribution in [0.5, 0.6) is 0 Å². The lowest BCUT2D eigenvalue weighted by Crippen LogP contribution is -2.27. The van der Waals surface area contributed by atoms with E-state index in [1.165, 1.54) is 4.57 Å². The third-order valence-electron chi connectivity index (χ3n) is 3.23. The highest BCUT2D eigenvalue weighted by Gasteiger charge is 2.11. The Morgan fingerprint density at radius 3 is 2.57 bits per heavy atom.